The van der Waals surface area contributed by atoms with Gasteiger partial charge >= 0.3 is 0 Å². The summed E-state index contributed by atoms with van der Waals surface area (Å²) in [5.41, 5.74) is 1.28. The predicted molar refractivity (Wildman–Crippen MR) is 103 cm³/mol. The normalized spacial score (nSPS) is 21.6. The maximum absolute atomic E-state index is 6.00. The Kier molecular flexibility index (Phi) is 6.01. The third kappa shape index (κ3) is 4.86. The van der Waals surface area contributed by atoms with Crippen LogP contribution in [0.4, 0.5) is 0 Å². The minimum Gasteiger partial charge on any atom is -0.492 e. The molecule has 0 aliphatic carbocycles. The van der Waals surface area contributed by atoms with Crippen molar-refractivity contribution in [3.63, 3.8) is 0 Å². The Labute approximate surface area is 160 Å². The van der Waals surface area contributed by atoms with E-state index in [2.05, 4.69) is 43.2 Å². The van der Waals surface area contributed by atoms with Crippen molar-refractivity contribution in [2.75, 3.05) is 46.0 Å². The standard InChI is InChI=1S/C20H29N5O2/c1-16-21-20(23-22-16)19-6-3-7-25(19)15-17-4-2-5-18(14-17)27-13-10-24-8-11-26-12-9-24/h2,4-5,14,19H,3,6-13,15H2,1H3,(H,21,22,23). The monoisotopic (exact) mass is 371 g/mol. The molecule has 0 radical (unpaired) electrons. The molecule has 2 saturated heterocycles. The number of aromatic nitrogens is 3. The quantitative estimate of drug-likeness (QED) is 0.805. The molecule has 0 saturated carbocycles. The number of hydrogen-bond acceptors (Lipinski definition) is 6. The van der Waals surface area contributed by atoms with Gasteiger partial charge < -0.3 is 9.47 Å². The van der Waals surface area contributed by atoms with Crippen LogP contribution in [0.15, 0.2) is 24.3 Å². The third-order valence-corrected chi connectivity index (χ3v) is 5.34. The van der Waals surface area contributed by atoms with E-state index in [1.54, 1.807) is 0 Å². The van der Waals surface area contributed by atoms with Crippen LogP contribution in [0.3, 0.4) is 0 Å². The van der Waals surface area contributed by atoms with E-state index in [-0.39, 0.29) is 0 Å². The molecule has 27 heavy (non-hydrogen) atoms. The van der Waals surface area contributed by atoms with Crippen LogP contribution in [0.5, 0.6) is 5.75 Å². The van der Waals surface area contributed by atoms with Crippen molar-refractivity contribution in [2.24, 2.45) is 0 Å². The SMILES string of the molecule is Cc1nc(C2CCCN2Cc2cccc(OCCN3CCOCC3)c2)n[nH]1. The van der Waals surface area contributed by atoms with Crippen molar-refractivity contribution in [3.8, 4) is 5.75 Å². The van der Waals surface area contributed by atoms with Crippen LogP contribution in [0.2, 0.25) is 0 Å². The van der Waals surface area contributed by atoms with E-state index >= 15 is 0 Å². The molecule has 1 aromatic heterocycles. The first kappa shape index (κ1) is 18.4. The van der Waals surface area contributed by atoms with Crippen LogP contribution in [-0.4, -0.2) is 71.0 Å². The van der Waals surface area contributed by atoms with Crippen molar-refractivity contribution < 1.29 is 9.47 Å². The van der Waals surface area contributed by atoms with Crippen molar-refractivity contribution in [1.29, 1.82) is 0 Å². The summed E-state index contributed by atoms with van der Waals surface area (Å²) < 4.78 is 11.4. The second kappa shape index (κ2) is 8.82. The van der Waals surface area contributed by atoms with Gasteiger partial charge in [-0.3, -0.25) is 14.9 Å². The highest BCUT2D eigenvalue weighted by molar-refractivity contribution is 5.28. The molecule has 7 nitrogen and oxygen atoms in total. The van der Waals surface area contributed by atoms with Crippen LogP contribution in [0.1, 0.15) is 36.1 Å². The number of rotatable bonds is 7. The molecular formula is C20H29N5O2. The number of ether oxygens (including phenoxy) is 2. The molecule has 3 heterocycles. The number of nitrogens with one attached hydrogen (secondary N) is 1. The van der Waals surface area contributed by atoms with Crippen molar-refractivity contribution in [2.45, 2.75) is 32.4 Å². The molecule has 146 valence electrons. The summed E-state index contributed by atoms with van der Waals surface area (Å²) in [5.74, 6) is 2.75. The van der Waals surface area contributed by atoms with Crippen LogP contribution in [-0.2, 0) is 11.3 Å². The van der Waals surface area contributed by atoms with Gasteiger partial charge in [-0.1, -0.05) is 12.1 Å². The second-order valence-corrected chi connectivity index (χ2v) is 7.36. The zero-order valence-electron chi connectivity index (χ0n) is 16.1. The first-order valence-electron chi connectivity index (χ1n) is 9.93. The van der Waals surface area contributed by atoms with E-state index in [4.69, 9.17) is 9.47 Å². The fraction of sp³-hybridized carbons (Fsp3) is 0.600. The maximum atomic E-state index is 6.00. The van der Waals surface area contributed by atoms with Crippen LogP contribution >= 0.6 is 0 Å². The number of nitrogens with zero attached hydrogens (tertiary/aromatic N) is 4. The number of benzene rings is 1. The Morgan fingerprint density at radius 2 is 2.15 bits per heavy atom. The van der Waals surface area contributed by atoms with E-state index < -0.39 is 0 Å². The molecular weight excluding hydrogens is 342 g/mol. The van der Waals surface area contributed by atoms with Gasteiger partial charge in [-0.05, 0) is 44.0 Å². The summed E-state index contributed by atoms with van der Waals surface area (Å²) >= 11 is 0. The lowest BCUT2D eigenvalue weighted by Gasteiger charge is -2.26. The largest absolute Gasteiger partial charge is 0.492 e. The fourth-order valence-corrected chi connectivity index (χ4v) is 3.90. The predicted octanol–water partition coefficient (Wildman–Crippen LogP) is 2.16. The number of aryl methyl sites for hydroxylation is 1. The molecule has 2 aromatic rings. The summed E-state index contributed by atoms with van der Waals surface area (Å²) in [6, 6.07) is 8.77. The lowest BCUT2D eigenvalue weighted by molar-refractivity contribution is 0.0322. The molecule has 1 N–H and O–H groups in total. The zero-order valence-corrected chi connectivity index (χ0v) is 16.1. The van der Waals surface area contributed by atoms with Gasteiger partial charge in [-0.25, -0.2) is 4.98 Å². The van der Waals surface area contributed by atoms with Gasteiger partial charge in [0.15, 0.2) is 5.82 Å². The Hall–Kier alpha value is -1.96. The Morgan fingerprint density at radius 1 is 1.26 bits per heavy atom. The van der Waals surface area contributed by atoms with Crippen molar-refractivity contribution in [3.05, 3.63) is 41.5 Å². The van der Waals surface area contributed by atoms with E-state index in [1.807, 2.05) is 13.0 Å². The molecule has 7 heteroatoms. The molecule has 0 spiro atoms. The molecule has 1 atom stereocenters. The number of hydrogen-bond donors (Lipinski definition) is 1. The van der Waals surface area contributed by atoms with Crippen molar-refractivity contribution in [1.82, 2.24) is 25.0 Å². The minimum absolute atomic E-state index is 0.306. The Morgan fingerprint density at radius 3 is 2.96 bits per heavy atom. The highest BCUT2D eigenvalue weighted by Crippen LogP contribution is 2.31. The molecule has 0 amide bonds. The molecule has 1 unspecified atom stereocenters. The van der Waals surface area contributed by atoms with E-state index in [0.29, 0.717) is 12.6 Å². The molecule has 1 aromatic carbocycles. The first-order valence-corrected chi connectivity index (χ1v) is 9.93. The average molecular weight is 371 g/mol. The second-order valence-electron chi connectivity index (χ2n) is 7.36. The van der Waals surface area contributed by atoms with Gasteiger partial charge in [-0.15, -0.1) is 0 Å². The number of H-pyrrole nitrogens is 1. The molecule has 2 aliphatic rings. The molecule has 0 bridgehead atoms. The Bertz CT molecular complexity index is 729. The summed E-state index contributed by atoms with van der Waals surface area (Å²) in [6.07, 6.45) is 2.31. The first-order chi connectivity index (χ1) is 13.3. The lowest BCUT2D eigenvalue weighted by atomic mass is 10.1. The van der Waals surface area contributed by atoms with Crippen LogP contribution in [0.25, 0.3) is 0 Å². The Balaban J connectivity index is 1.32. The summed E-state index contributed by atoms with van der Waals surface area (Å²) in [4.78, 5) is 9.40. The van der Waals surface area contributed by atoms with Gasteiger partial charge in [0.25, 0.3) is 0 Å². The number of likely N-dealkylation sites (tertiary alicyclic amines) is 1. The number of aromatic amines is 1. The molecule has 2 aliphatic heterocycles. The fourth-order valence-electron chi connectivity index (χ4n) is 3.90. The van der Waals surface area contributed by atoms with E-state index in [0.717, 1.165) is 69.8 Å². The van der Waals surface area contributed by atoms with E-state index in [1.165, 1.54) is 12.0 Å². The van der Waals surface area contributed by atoms with Gasteiger partial charge in [0.1, 0.15) is 18.2 Å². The van der Waals surface area contributed by atoms with Gasteiger partial charge in [0, 0.05) is 26.2 Å². The van der Waals surface area contributed by atoms with Gasteiger partial charge in [0.05, 0.1) is 19.3 Å². The highest BCUT2D eigenvalue weighted by atomic mass is 16.5. The topological polar surface area (TPSA) is 66.5 Å². The lowest BCUT2D eigenvalue weighted by Crippen LogP contribution is -2.38. The van der Waals surface area contributed by atoms with Crippen LogP contribution < -0.4 is 4.74 Å². The third-order valence-electron chi connectivity index (χ3n) is 5.34. The summed E-state index contributed by atoms with van der Waals surface area (Å²) in [6.45, 7) is 9.26. The minimum atomic E-state index is 0.306. The summed E-state index contributed by atoms with van der Waals surface area (Å²) in [5, 5.41) is 7.35. The van der Waals surface area contributed by atoms with Gasteiger partial charge in [-0.2, -0.15) is 5.10 Å². The average Bonchev–Trinajstić information content (AvgIpc) is 3.32. The molecule has 2 fully saturated rings. The molecule has 4 rings (SSSR count). The number of morpholine rings is 1. The maximum Gasteiger partial charge on any atom is 0.167 e. The highest BCUT2D eigenvalue weighted by Gasteiger charge is 2.29. The zero-order chi connectivity index (χ0) is 18.5. The van der Waals surface area contributed by atoms with E-state index in [9.17, 15) is 0 Å². The summed E-state index contributed by atoms with van der Waals surface area (Å²) in [7, 11) is 0. The van der Waals surface area contributed by atoms with Crippen molar-refractivity contribution >= 4 is 0 Å². The smallest absolute Gasteiger partial charge is 0.167 e. The van der Waals surface area contributed by atoms with Crippen LogP contribution in [0, 0.1) is 6.92 Å². The van der Waals surface area contributed by atoms with Gasteiger partial charge in [0.2, 0.25) is 0 Å².